The maximum Gasteiger partial charge on any atom is 0.320 e. The topological polar surface area (TPSA) is 54.0 Å². The van der Waals surface area contributed by atoms with Crippen molar-refractivity contribution in [2.75, 3.05) is 5.32 Å². The first-order valence-electron chi connectivity index (χ1n) is 7.21. The quantitative estimate of drug-likeness (QED) is 0.876. The number of nitrogens with one attached hydrogen (secondary N) is 2. The Hall–Kier alpha value is -1.58. The van der Waals surface area contributed by atoms with E-state index in [1.54, 1.807) is 12.3 Å². The molecule has 2 fully saturated rings. The molecule has 4 unspecified atom stereocenters. The standard InChI is InChI=1S/C15H21N3O/c1-10(13-9-11-5-6-12(13)8-11)17-15(19)18-14-4-2-3-7-16-14/h2-4,7,10-13H,5-6,8-9H2,1H3,(H2,16,17,18,19). The van der Waals surface area contributed by atoms with E-state index in [0.717, 1.165) is 11.8 Å². The zero-order valence-electron chi connectivity index (χ0n) is 11.3. The number of urea groups is 1. The van der Waals surface area contributed by atoms with Gasteiger partial charge in [0.2, 0.25) is 0 Å². The number of aromatic nitrogens is 1. The first-order valence-corrected chi connectivity index (χ1v) is 7.21. The molecule has 0 radical (unpaired) electrons. The molecule has 2 aliphatic carbocycles. The SMILES string of the molecule is CC(NC(=O)Nc1ccccn1)C1CC2CCC1C2. The van der Waals surface area contributed by atoms with E-state index in [2.05, 4.69) is 22.5 Å². The third-order valence-electron chi connectivity index (χ3n) is 4.70. The van der Waals surface area contributed by atoms with Gasteiger partial charge in [-0.2, -0.15) is 0 Å². The molecule has 2 N–H and O–H groups in total. The number of fused-ring (bicyclic) bond motifs is 2. The highest BCUT2D eigenvalue weighted by Gasteiger charge is 2.42. The summed E-state index contributed by atoms with van der Waals surface area (Å²) in [5.74, 6) is 3.00. The number of pyridine rings is 1. The largest absolute Gasteiger partial charge is 0.335 e. The van der Waals surface area contributed by atoms with Gasteiger partial charge in [-0.25, -0.2) is 9.78 Å². The average Bonchev–Trinajstić information content (AvgIpc) is 3.02. The minimum Gasteiger partial charge on any atom is -0.335 e. The van der Waals surface area contributed by atoms with Gasteiger partial charge in [0, 0.05) is 12.2 Å². The van der Waals surface area contributed by atoms with Crippen LogP contribution in [0.3, 0.4) is 0 Å². The number of rotatable bonds is 3. The van der Waals surface area contributed by atoms with Crippen molar-refractivity contribution < 1.29 is 4.79 Å². The number of carbonyl (C=O) groups excluding carboxylic acids is 1. The fourth-order valence-corrected chi connectivity index (χ4v) is 3.81. The van der Waals surface area contributed by atoms with Crippen molar-refractivity contribution in [2.24, 2.45) is 17.8 Å². The molecule has 4 heteroatoms. The van der Waals surface area contributed by atoms with Crippen LogP contribution in [0.2, 0.25) is 0 Å². The Balaban J connectivity index is 1.52. The molecule has 3 rings (SSSR count). The molecule has 4 nitrogen and oxygen atoms in total. The van der Waals surface area contributed by atoms with Gasteiger partial charge in [0.25, 0.3) is 0 Å². The van der Waals surface area contributed by atoms with E-state index >= 15 is 0 Å². The second kappa shape index (κ2) is 5.19. The van der Waals surface area contributed by atoms with Gasteiger partial charge in [-0.05, 0) is 56.1 Å². The smallest absolute Gasteiger partial charge is 0.320 e. The van der Waals surface area contributed by atoms with Crippen LogP contribution in [0, 0.1) is 17.8 Å². The van der Waals surface area contributed by atoms with Crippen molar-refractivity contribution in [2.45, 2.75) is 38.6 Å². The molecule has 1 aromatic rings. The Kier molecular flexibility index (Phi) is 3.40. The molecule has 0 aromatic carbocycles. The highest BCUT2D eigenvalue weighted by Crippen LogP contribution is 2.49. The van der Waals surface area contributed by atoms with Crippen LogP contribution in [0.4, 0.5) is 10.6 Å². The Morgan fingerprint density at radius 2 is 2.26 bits per heavy atom. The number of anilines is 1. The molecule has 4 atom stereocenters. The van der Waals surface area contributed by atoms with Gasteiger partial charge in [-0.15, -0.1) is 0 Å². The first kappa shape index (κ1) is 12.5. The first-order chi connectivity index (χ1) is 9.22. The summed E-state index contributed by atoms with van der Waals surface area (Å²) < 4.78 is 0. The minimum absolute atomic E-state index is 0.144. The van der Waals surface area contributed by atoms with Crippen molar-refractivity contribution in [3.05, 3.63) is 24.4 Å². The number of carbonyl (C=O) groups is 1. The summed E-state index contributed by atoms with van der Waals surface area (Å²) in [7, 11) is 0. The highest BCUT2D eigenvalue weighted by atomic mass is 16.2. The van der Waals surface area contributed by atoms with Crippen molar-refractivity contribution in [3.8, 4) is 0 Å². The average molecular weight is 259 g/mol. The van der Waals surface area contributed by atoms with Crippen LogP contribution in [0.1, 0.15) is 32.6 Å². The molecular formula is C15H21N3O. The van der Waals surface area contributed by atoms with Crippen LogP contribution in [0.5, 0.6) is 0 Å². The third kappa shape index (κ3) is 2.72. The Bertz CT molecular complexity index is 448. The Morgan fingerprint density at radius 1 is 1.37 bits per heavy atom. The highest BCUT2D eigenvalue weighted by molar-refractivity contribution is 5.88. The maximum atomic E-state index is 11.9. The van der Waals surface area contributed by atoms with E-state index in [0.29, 0.717) is 11.7 Å². The summed E-state index contributed by atoms with van der Waals surface area (Å²) in [5, 5.41) is 5.84. The van der Waals surface area contributed by atoms with Crippen LogP contribution < -0.4 is 10.6 Å². The summed E-state index contributed by atoms with van der Waals surface area (Å²) >= 11 is 0. The van der Waals surface area contributed by atoms with Gasteiger partial charge in [0.05, 0.1) is 0 Å². The molecule has 0 aliphatic heterocycles. The molecule has 0 saturated heterocycles. The second-order valence-electron chi connectivity index (χ2n) is 5.94. The summed E-state index contributed by atoms with van der Waals surface area (Å²) in [4.78, 5) is 16.0. The molecule has 102 valence electrons. The molecule has 1 aromatic heterocycles. The van der Waals surface area contributed by atoms with Crippen molar-refractivity contribution in [1.82, 2.24) is 10.3 Å². The summed E-state index contributed by atoms with van der Waals surface area (Å²) in [6, 6.07) is 5.60. The molecule has 2 aliphatic rings. The zero-order chi connectivity index (χ0) is 13.2. The molecule has 1 heterocycles. The van der Waals surface area contributed by atoms with Gasteiger partial charge >= 0.3 is 6.03 Å². The van der Waals surface area contributed by atoms with Crippen LogP contribution in [-0.4, -0.2) is 17.1 Å². The molecule has 2 saturated carbocycles. The van der Waals surface area contributed by atoms with Crippen molar-refractivity contribution in [3.63, 3.8) is 0 Å². The predicted molar refractivity (Wildman–Crippen MR) is 74.8 cm³/mol. The van der Waals surface area contributed by atoms with E-state index in [1.807, 2.05) is 12.1 Å². The van der Waals surface area contributed by atoms with Crippen LogP contribution in [-0.2, 0) is 0 Å². The molecule has 2 amide bonds. The van der Waals surface area contributed by atoms with E-state index in [-0.39, 0.29) is 12.1 Å². The van der Waals surface area contributed by atoms with E-state index < -0.39 is 0 Å². The lowest BCUT2D eigenvalue weighted by Gasteiger charge is -2.28. The number of hydrogen-bond acceptors (Lipinski definition) is 2. The summed E-state index contributed by atoms with van der Waals surface area (Å²) in [5.41, 5.74) is 0. The van der Waals surface area contributed by atoms with Gasteiger partial charge in [0.15, 0.2) is 0 Å². The normalized spacial score (nSPS) is 30.1. The van der Waals surface area contributed by atoms with E-state index in [4.69, 9.17) is 0 Å². The van der Waals surface area contributed by atoms with E-state index in [9.17, 15) is 4.79 Å². The van der Waals surface area contributed by atoms with Gasteiger partial charge in [-0.1, -0.05) is 12.5 Å². The fourth-order valence-electron chi connectivity index (χ4n) is 3.81. The third-order valence-corrected chi connectivity index (χ3v) is 4.70. The predicted octanol–water partition coefficient (Wildman–Crippen LogP) is 3.03. The maximum absolute atomic E-state index is 11.9. The van der Waals surface area contributed by atoms with Gasteiger partial charge in [0.1, 0.15) is 5.82 Å². The molecule has 2 bridgehead atoms. The molecule has 19 heavy (non-hydrogen) atoms. The van der Waals surface area contributed by atoms with E-state index in [1.165, 1.54) is 25.7 Å². The van der Waals surface area contributed by atoms with Crippen LogP contribution in [0.25, 0.3) is 0 Å². The minimum atomic E-state index is -0.144. The lowest BCUT2D eigenvalue weighted by Crippen LogP contribution is -2.42. The van der Waals surface area contributed by atoms with Crippen molar-refractivity contribution >= 4 is 11.8 Å². The van der Waals surface area contributed by atoms with Crippen LogP contribution >= 0.6 is 0 Å². The van der Waals surface area contributed by atoms with Gasteiger partial charge < -0.3 is 5.32 Å². The zero-order valence-corrected chi connectivity index (χ0v) is 11.3. The summed E-state index contributed by atoms with van der Waals surface area (Å²) in [6.45, 7) is 2.13. The number of nitrogens with zero attached hydrogens (tertiary/aromatic N) is 1. The van der Waals surface area contributed by atoms with Crippen molar-refractivity contribution in [1.29, 1.82) is 0 Å². The lowest BCUT2D eigenvalue weighted by atomic mass is 9.84. The van der Waals surface area contributed by atoms with Crippen LogP contribution in [0.15, 0.2) is 24.4 Å². The monoisotopic (exact) mass is 259 g/mol. The van der Waals surface area contributed by atoms with Gasteiger partial charge in [-0.3, -0.25) is 5.32 Å². The second-order valence-corrected chi connectivity index (χ2v) is 5.94. The fraction of sp³-hybridized carbons (Fsp3) is 0.600. The number of hydrogen-bond donors (Lipinski definition) is 2. The lowest BCUT2D eigenvalue weighted by molar-refractivity contribution is 0.230. The summed E-state index contributed by atoms with van der Waals surface area (Å²) in [6.07, 6.45) is 7.08. The Morgan fingerprint density at radius 3 is 2.89 bits per heavy atom. The molecule has 0 spiro atoms. The number of amides is 2. The molecular weight excluding hydrogens is 238 g/mol. The Labute approximate surface area is 114 Å².